The van der Waals surface area contributed by atoms with E-state index in [0.717, 1.165) is 11.8 Å². The van der Waals surface area contributed by atoms with Gasteiger partial charge < -0.3 is 15.8 Å². The SMILES string of the molecule is C[C@@H](Sc1n[nH]c(N)n1)C(=O)Nc1ccc(OC(F)F)c(Cl)c1. The van der Waals surface area contributed by atoms with Crippen molar-refractivity contribution >= 4 is 40.9 Å². The summed E-state index contributed by atoms with van der Waals surface area (Å²) >= 11 is 6.92. The third kappa shape index (κ3) is 4.96. The van der Waals surface area contributed by atoms with Crippen LogP contribution in [0.25, 0.3) is 0 Å². The minimum atomic E-state index is -2.97. The number of amides is 1. The summed E-state index contributed by atoms with van der Waals surface area (Å²) in [6.07, 6.45) is 0. The maximum absolute atomic E-state index is 12.1. The van der Waals surface area contributed by atoms with E-state index in [-0.39, 0.29) is 22.6 Å². The standard InChI is InChI=1S/C12H12ClF2N5O2S/c1-5(23-12-18-11(16)19-20-12)9(21)17-6-2-3-8(7(13)4-6)22-10(14)15/h2-5,10H,1H3,(H,17,21)(H3,16,18,19,20)/t5-/m1/s1. The lowest BCUT2D eigenvalue weighted by molar-refractivity contribution is -0.115. The van der Waals surface area contributed by atoms with E-state index < -0.39 is 11.9 Å². The van der Waals surface area contributed by atoms with Crippen molar-refractivity contribution in [2.24, 2.45) is 0 Å². The van der Waals surface area contributed by atoms with Gasteiger partial charge in [-0.1, -0.05) is 23.4 Å². The molecular weight excluding hydrogens is 352 g/mol. The minimum absolute atomic E-state index is 0.0369. The van der Waals surface area contributed by atoms with Crippen LogP contribution in [-0.4, -0.2) is 32.9 Å². The van der Waals surface area contributed by atoms with Crippen molar-refractivity contribution in [3.63, 3.8) is 0 Å². The first kappa shape index (κ1) is 17.3. The van der Waals surface area contributed by atoms with Crippen LogP contribution in [0.5, 0.6) is 5.75 Å². The summed E-state index contributed by atoms with van der Waals surface area (Å²) in [6.45, 7) is -1.32. The fourth-order valence-electron chi connectivity index (χ4n) is 1.54. The smallest absolute Gasteiger partial charge is 0.387 e. The molecule has 4 N–H and O–H groups in total. The van der Waals surface area contributed by atoms with Gasteiger partial charge in [0.05, 0.1) is 10.3 Å². The maximum Gasteiger partial charge on any atom is 0.387 e. The van der Waals surface area contributed by atoms with E-state index in [2.05, 4.69) is 25.2 Å². The third-order valence-electron chi connectivity index (χ3n) is 2.55. The van der Waals surface area contributed by atoms with Crippen LogP contribution < -0.4 is 15.8 Å². The van der Waals surface area contributed by atoms with Crippen molar-refractivity contribution in [1.29, 1.82) is 0 Å². The molecule has 7 nitrogen and oxygen atoms in total. The highest BCUT2D eigenvalue weighted by Crippen LogP contribution is 2.29. The van der Waals surface area contributed by atoms with Crippen molar-refractivity contribution < 1.29 is 18.3 Å². The Morgan fingerprint density at radius 2 is 2.26 bits per heavy atom. The molecule has 2 rings (SSSR count). The quantitative estimate of drug-likeness (QED) is 0.681. The summed E-state index contributed by atoms with van der Waals surface area (Å²) in [7, 11) is 0. The number of carbonyl (C=O) groups excluding carboxylic acids is 1. The molecule has 1 heterocycles. The van der Waals surface area contributed by atoms with Crippen LogP contribution in [-0.2, 0) is 4.79 Å². The molecule has 0 saturated carbocycles. The molecular formula is C12H12ClF2N5O2S. The lowest BCUT2D eigenvalue weighted by Gasteiger charge is -2.12. The van der Waals surface area contributed by atoms with E-state index in [0.29, 0.717) is 10.8 Å². The molecule has 0 aliphatic rings. The fraction of sp³-hybridized carbons (Fsp3) is 0.250. The molecule has 2 aromatic rings. The molecule has 11 heteroatoms. The first-order valence-electron chi connectivity index (χ1n) is 6.25. The highest BCUT2D eigenvalue weighted by Gasteiger charge is 2.18. The number of thioether (sulfide) groups is 1. The number of ether oxygens (including phenoxy) is 1. The van der Waals surface area contributed by atoms with E-state index in [1.165, 1.54) is 18.2 Å². The molecule has 0 fully saturated rings. The van der Waals surface area contributed by atoms with Crippen molar-refractivity contribution in [3.05, 3.63) is 23.2 Å². The first-order chi connectivity index (χ1) is 10.8. The number of aromatic nitrogens is 3. The Balaban J connectivity index is 1.97. The second-order valence-corrected chi connectivity index (χ2v) is 5.99. The van der Waals surface area contributed by atoms with Crippen LogP contribution in [0, 0.1) is 0 Å². The molecule has 124 valence electrons. The number of aromatic amines is 1. The number of nitrogens with zero attached hydrogens (tertiary/aromatic N) is 2. The summed E-state index contributed by atoms with van der Waals surface area (Å²) in [5.74, 6) is -0.350. The second kappa shape index (κ2) is 7.47. The topological polar surface area (TPSA) is 106 Å². The molecule has 0 radical (unpaired) electrons. The second-order valence-electron chi connectivity index (χ2n) is 4.28. The Bertz CT molecular complexity index is 700. The molecule has 1 aromatic heterocycles. The van der Waals surface area contributed by atoms with Crippen LogP contribution in [0.2, 0.25) is 5.02 Å². The molecule has 0 aliphatic carbocycles. The van der Waals surface area contributed by atoms with Crippen LogP contribution >= 0.6 is 23.4 Å². The summed E-state index contributed by atoms with van der Waals surface area (Å²) in [5.41, 5.74) is 5.75. The normalized spacial score (nSPS) is 12.2. The highest BCUT2D eigenvalue weighted by molar-refractivity contribution is 8.00. The zero-order chi connectivity index (χ0) is 17.0. The average molecular weight is 364 g/mol. The number of nitrogens with two attached hydrogens (primary N) is 1. The van der Waals surface area contributed by atoms with Gasteiger partial charge in [0.15, 0.2) is 0 Å². The molecule has 23 heavy (non-hydrogen) atoms. The van der Waals surface area contributed by atoms with Gasteiger partial charge in [0.25, 0.3) is 0 Å². The Hall–Kier alpha value is -2.07. The fourth-order valence-corrected chi connectivity index (χ4v) is 2.49. The molecule has 0 aliphatic heterocycles. The predicted molar refractivity (Wildman–Crippen MR) is 82.8 cm³/mol. The van der Waals surface area contributed by atoms with Gasteiger partial charge in [0.2, 0.25) is 17.0 Å². The van der Waals surface area contributed by atoms with Gasteiger partial charge in [0, 0.05) is 5.69 Å². The zero-order valence-corrected chi connectivity index (χ0v) is 13.3. The number of rotatable bonds is 6. The van der Waals surface area contributed by atoms with Crippen molar-refractivity contribution in [2.45, 2.75) is 23.9 Å². The number of alkyl halides is 2. The van der Waals surface area contributed by atoms with Crippen LogP contribution in [0.15, 0.2) is 23.4 Å². The summed E-state index contributed by atoms with van der Waals surface area (Å²) in [4.78, 5) is 16.0. The number of benzene rings is 1. The predicted octanol–water partition coefficient (Wildman–Crippen LogP) is 2.76. The lowest BCUT2D eigenvalue weighted by atomic mass is 10.3. The Labute approximate surface area is 138 Å². The average Bonchev–Trinajstić information content (AvgIpc) is 2.86. The van der Waals surface area contributed by atoms with Crippen molar-refractivity contribution in [2.75, 3.05) is 11.1 Å². The van der Waals surface area contributed by atoms with Gasteiger partial charge in [-0.2, -0.15) is 13.8 Å². The summed E-state index contributed by atoms with van der Waals surface area (Å²) in [6, 6.07) is 3.97. The summed E-state index contributed by atoms with van der Waals surface area (Å²) in [5, 5.41) is 8.67. The molecule has 1 atom stereocenters. The van der Waals surface area contributed by atoms with Crippen molar-refractivity contribution in [1.82, 2.24) is 15.2 Å². The number of nitrogens with one attached hydrogen (secondary N) is 2. The number of nitrogen functional groups attached to an aromatic ring is 1. The largest absolute Gasteiger partial charge is 0.433 e. The van der Waals surface area contributed by atoms with E-state index in [1.807, 2.05) is 0 Å². The number of H-pyrrole nitrogens is 1. The summed E-state index contributed by atoms with van der Waals surface area (Å²) < 4.78 is 28.5. The molecule has 0 spiro atoms. The van der Waals surface area contributed by atoms with Crippen LogP contribution in [0.4, 0.5) is 20.4 Å². The molecule has 0 bridgehead atoms. The lowest BCUT2D eigenvalue weighted by Crippen LogP contribution is -2.22. The van der Waals surface area contributed by atoms with E-state index in [4.69, 9.17) is 17.3 Å². The van der Waals surface area contributed by atoms with Gasteiger partial charge in [-0.05, 0) is 25.1 Å². The maximum atomic E-state index is 12.1. The van der Waals surface area contributed by atoms with Gasteiger partial charge in [-0.15, -0.1) is 5.10 Å². The van der Waals surface area contributed by atoms with Crippen LogP contribution in [0.1, 0.15) is 6.92 Å². The van der Waals surface area contributed by atoms with Gasteiger partial charge in [0.1, 0.15) is 5.75 Å². The molecule has 1 aromatic carbocycles. The minimum Gasteiger partial charge on any atom is -0.433 e. The molecule has 0 unspecified atom stereocenters. The Morgan fingerprint density at radius 1 is 1.52 bits per heavy atom. The van der Waals surface area contributed by atoms with Gasteiger partial charge in [-0.25, -0.2) is 5.10 Å². The third-order valence-corrected chi connectivity index (χ3v) is 3.81. The number of anilines is 2. The zero-order valence-electron chi connectivity index (χ0n) is 11.7. The monoisotopic (exact) mass is 363 g/mol. The molecule has 0 saturated heterocycles. The Morgan fingerprint density at radius 3 is 2.83 bits per heavy atom. The van der Waals surface area contributed by atoms with Gasteiger partial charge >= 0.3 is 6.61 Å². The Kier molecular flexibility index (Phi) is 5.61. The van der Waals surface area contributed by atoms with E-state index in [9.17, 15) is 13.6 Å². The van der Waals surface area contributed by atoms with E-state index >= 15 is 0 Å². The van der Waals surface area contributed by atoms with Crippen molar-refractivity contribution in [3.8, 4) is 5.75 Å². The molecule has 1 amide bonds. The number of halogens is 3. The van der Waals surface area contributed by atoms with Gasteiger partial charge in [-0.3, -0.25) is 4.79 Å². The number of carbonyl (C=O) groups is 1. The van der Waals surface area contributed by atoms with Crippen LogP contribution in [0.3, 0.4) is 0 Å². The number of hydrogen-bond donors (Lipinski definition) is 3. The van der Waals surface area contributed by atoms with E-state index in [1.54, 1.807) is 6.92 Å². The first-order valence-corrected chi connectivity index (χ1v) is 7.50. The number of hydrogen-bond acceptors (Lipinski definition) is 6. The highest BCUT2D eigenvalue weighted by atomic mass is 35.5.